The van der Waals surface area contributed by atoms with E-state index in [4.69, 9.17) is 4.18 Å². The van der Waals surface area contributed by atoms with Crippen LogP contribution in [0.5, 0.6) is 5.75 Å². The lowest BCUT2D eigenvalue weighted by Crippen LogP contribution is -2.06. The molecule has 21 heavy (non-hydrogen) atoms. The van der Waals surface area contributed by atoms with Gasteiger partial charge in [-0.1, -0.05) is 42.5 Å². The van der Waals surface area contributed by atoms with Crippen LogP contribution in [0.15, 0.2) is 60.7 Å². The third-order valence-electron chi connectivity index (χ3n) is 2.99. The molecular weight excluding hydrogens is 286 g/mol. The molecule has 0 saturated carbocycles. The summed E-state index contributed by atoms with van der Waals surface area (Å²) in [5.74, 6) is 0.293. The smallest absolute Gasteiger partial charge is 0.306 e. The van der Waals surface area contributed by atoms with Crippen molar-refractivity contribution in [2.24, 2.45) is 0 Å². The summed E-state index contributed by atoms with van der Waals surface area (Å²) in [6.07, 6.45) is 1.03. The monoisotopic (exact) mass is 299 g/mol. The maximum absolute atomic E-state index is 11.4. The Kier molecular flexibility index (Phi) is 3.35. The van der Waals surface area contributed by atoms with Gasteiger partial charge < -0.3 is 4.18 Å². The first-order valence-electron chi connectivity index (χ1n) is 6.37. The standard InChI is InChI=1S/C16H13NO3S/c1-21(18,19)20-16-11-15(12-7-3-2-4-8-12)17-14-10-6-5-9-13(14)16/h2-11H,1H3. The molecule has 106 valence electrons. The van der Waals surface area contributed by atoms with E-state index in [2.05, 4.69) is 4.98 Å². The van der Waals surface area contributed by atoms with Crippen molar-refractivity contribution in [3.8, 4) is 17.0 Å². The Labute approximate surface area is 123 Å². The third-order valence-corrected chi connectivity index (χ3v) is 3.47. The summed E-state index contributed by atoms with van der Waals surface area (Å²) >= 11 is 0. The van der Waals surface area contributed by atoms with Gasteiger partial charge in [0, 0.05) is 17.0 Å². The SMILES string of the molecule is CS(=O)(=O)Oc1cc(-c2ccccc2)nc2ccccc12. The van der Waals surface area contributed by atoms with Crippen LogP contribution < -0.4 is 4.18 Å². The fourth-order valence-electron chi connectivity index (χ4n) is 2.13. The Hall–Kier alpha value is -2.40. The van der Waals surface area contributed by atoms with Gasteiger partial charge in [-0.15, -0.1) is 0 Å². The van der Waals surface area contributed by atoms with E-state index in [1.54, 1.807) is 12.1 Å². The average Bonchev–Trinajstić information content (AvgIpc) is 2.46. The first-order chi connectivity index (χ1) is 10.0. The molecule has 0 fully saturated rings. The van der Waals surface area contributed by atoms with Crippen molar-refractivity contribution in [3.05, 3.63) is 60.7 Å². The molecular formula is C16H13NO3S. The number of benzene rings is 2. The zero-order valence-corrected chi connectivity index (χ0v) is 12.2. The second-order valence-corrected chi connectivity index (χ2v) is 6.25. The van der Waals surface area contributed by atoms with Gasteiger partial charge in [-0.3, -0.25) is 0 Å². The number of pyridine rings is 1. The minimum Gasteiger partial charge on any atom is -0.382 e. The lowest BCUT2D eigenvalue weighted by Gasteiger charge is -2.09. The average molecular weight is 299 g/mol. The van der Waals surface area contributed by atoms with Gasteiger partial charge in [0.05, 0.1) is 17.5 Å². The molecule has 0 unspecified atom stereocenters. The topological polar surface area (TPSA) is 56.3 Å². The van der Waals surface area contributed by atoms with E-state index in [1.807, 2.05) is 48.5 Å². The number of rotatable bonds is 3. The molecule has 1 aromatic heterocycles. The zero-order chi connectivity index (χ0) is 14.9. The van der Waals surface area contributed by atoms with E-state index in [9.17, 15) is 8.42 Å². The molecule has 5 heteroatoms. The molecule has 0 aliphatic heterocycles. The molecule has 0 saturated heterocycles. The molecule has 0 aliphatic carbocycles. The molecule has 0 atom stereocenters. The maximum atomic E-state index is 11.4. The molecule has 0 aliphatic rings. The van der Waals surface area contributed by atoms with E-state index >= 15 is 0 Å². The maximum Gasteiger partial charge on any atom is 0.306 e. The van der Waals surface area contributed by atoms with Crippen LogP contribution in [0.3, 0.4) is 0 Å². The fourth-order valence-corrected chi connectivity index (χ4v) is 2.60. The molecule has 3 aromatic rings. The fraction of sp³-hybridized carbons (Fsp3) is 0.0625. The summed E-state index contributed by atoms with van der Waals surface area (Å²) in [7, 11) is -3.60. The van der Waals surface area contributed by atoms with Crippen molar-refractivity contribution >= 4 is 21.0 Å². The van der Waals surface area contributed by atoms with Gasteiger partial charge >= 0.3 is 10.1 Å². The van der Waals surface area contributed by atoms with Crippen LogP contribution in [0, 0.1) is 0 Å². The van der Waals surface area contributed by atoms with Crippen molar-refractivity contribution in [3.63, 3.8) is 0 Å². The van der Waals surface area contributed by atoms with Gasteiger partial charge in [-0.25, -0.2) is 4.98 Å². The Morgan fingerprint density at radius 1 is 0.952 bits per heavy atom. The molecule has 4 nitrogen and oxygen atoms in total. The number of hydrogen-bond donors (Lipinski definition) is 0. The number of hydrogen-bond acceptors (Lipinski definition) is 4. The van der Waals surface area contributed by atoms with Crippen LogP contribution >= 0.6 is 0 Å². The van der Waals surface area contributed by atoms with E-state index in [1.165, 1.54) is 0 Å². The largest absolute Gasteiger partial charge is 0.382 e. The van der Waals surface area contributed by atoms with Gasteiger partial charge in [-0.2, -0.15) is 8.42 Å². The van der Waals surface area contributed by atoms with Crippen molar-refractivity contribution in [2.75, 3.05) is 6.26 Å². The second kappa shape index (κ2) is 5.18. The highest BCUT2D eigenvalue weighted by atomic mass is 32.2. The first-order valence-corrected chi connectivity index (χ1v) is 8.19. The number of fused-ring (bicyclic) bond motifs is 1. The van der Waals surface area contributed by atoms with Crippen molar-refractivity contribution in [1.82, 2.24) is 4.98 Å². The molecule has 2 aromatic carbocycles. The van der Waals surface area contributed by atoms with Gasteiger partial charge in [0.1, 0.15) is 0 Å². The number of nitrogens with zero attached hydrogens (tertiary/aromatic N) is 1. The molecule has 0 bridgehead atoms. The van der Waals surface area contributed by atoms with E-state index in [0.717, 1.165) is 11.8 Å². The van der Waals surface area contributed by atoms with Crippen molar-refractivity contribution in [1.29, 1.82) is 0 Å². The van der Waals surface area contributed by atoms with Crippen LogP contribution in [0.1, 0.15) is 0 Å². The zero-order valence-electron chi connectivity index (χ0n) is 11.4. The molecule has 1 heterocycles. The van der Waals surface area contributed by atoms with Gasteiger partial charge in [-0.05, 0) is 12.1 Å². The van der Waals surface area contributed by atoms with Crippen molar-refractivity contribution < 1.29 is 12.6 Å². The first kappa shape index (κ1) is 13.6. The van der Waals surface area contributed by atoms with Crippen LogP contribution in [0.2, 0.25) is 0 Å². The van der Waals surface area contributed by atoms with Crippen LogP contribution in [0.4, 0.5) is 0 Å². The van der Waals surface area contributed by atoms with Crippen molar-refractivity contribution in [2.45, 2.75) is 0 Å². The summed E-state index contributed by atoms with van der Waals surface area (Å²) in [6, 6.07) is 18.5. The highest BCUT2D eigenvalue weighted by Gasteiger charge is 2.12. The third kappa shape index (κ3) is 3.03. The Morgan fingerprint density at radius 3 is 2.33 bits per heavy atom. The number of aromatic nitrogens is 1. The molecule has 0 N–H and O–H groups in total. The van der Waals surface area contributed by atoms with Crippen LogP contribution in [-0.4, -0.2) is 19.7 Å². The summed E-state index contributed by atoms with van der Waals surface area (Å²) in [4.78, 5) is 4.56. The lowest BCUT2D eigenvalue weighted by molar-refractivity contribution is 0.495. The number of para-hydroxylation sites is 1. The summed E-state index contributed by atoms with van der Waals surface area (Å²) < 4.78 is 28.0. The van der Waals surface area contributed by atoms with E-state index in [-0.39, 0.29) is 0 Å². The Balaban J connectivity index is 2.24. The normalized spacial score (nSPS) is 11.5. The minimum atomic E-state index is -3.60. The summed E-state index contributed by atoms with van der Waals surface area (Å²) in [6.45, 7) is 0. The molecule has 0 radical (unpaired) electrons. The lowest BCUT2D eigenvalue weighted by atomic mass is 10.1. The summed E-state index contributed by atoms with van der Waals surface area (Å²) in [5.41, 5.74) is 2.27. The van der Waals surface area contributed by atoms with Gasteiger partial charge in [0.15, 0.2) is 5.75 Å². The van der Waals surface area contributed by atoms with Gasteiger partial charge in [0.25, 0.3) is 0 Å². The predicted octanol–water partition coefficient (Wildman–Crippen LogP) is 3.24. The van der Waals surface area contributed by atoms with Crippen LogP contribution in [0.25, 0.3) is 22.2 Å². The Bertz CT molecular complexity index is 890. The van der Waals surface area contributed by atoms with Gasteiger partial charge in [0.2, 0.25) is 0 Å². The molecule has 0 spiro atoms. The van der Waals surface area contributed by atoms with Crippen LogP contribution in [-0.2, 0) is 10.1 Å². The summed E-state index contributed by atoms with van der Waals surface area (Å²) in [5, 5.41) is 0.669. The van der Waals surface area contributed by atoms with E-state index < -0.39 is 10.1 Å². The molecule has 0 amide bonds. The van der Waals surface area contributed by atoms with E-state index in [0.29, 0.717) is 22.3 Å². The molecule has 3 rings (SSSR count). The Morgan fingerprint density at radius 2 is 1.62 bits per heavy atom. The predicted molar refractivity (Wildman–Crippen MR) is 82.7 cm³/mol. The highest BCUT2D eigenvalue weighted by molar-refractivity contribution is 7.86. The second-order valence-electron chi connectivity index (χ2n) is 4.68. The quantitative estimate of drug-likeness (QED) is 0.697. The highest BCUT2D eigenvalue weighted by Crippen LogP contribution is 2.30. The minimum absolute atomic E-state index is 0.293.